The maximum Gasteiger partial charge on any atom is 0.265 e. The van der Waals surface area contributed by atoms with Gasteiger partial charge in [0.2, 0.25) is 5.91 Å². The maximum absolute atomic E-state index is 12.6. The van der Waals surface area contributed by atoms with E-state index < -0.39 is 0 Å². The molecular weight excluding hydrogens is 444 g/mol. The van der Waals surface area contributed by atoms with Gasteiger partial charge in [0.15, 0.2) is 6.61 Å². The molecule has 3 aromatic rings. The number of aryl methyl sites for hydroxylation is 1. The van der Waals surface area contributed by atoms with Gasteiger partial charge in [0.1, 0.15) is 17.2 Å². The van der Waals surface area contributed by atoms with Crippen LogP contribution in [0.25, 0.3) is 0 Å². The van der Waals surface area contributed by atoms with Gasteiger partial charge in [-0.2, -0.15) is 0 Å². The summed E-state index contributed by atoms with van der Waals surface area (Å²) in [4.78, 5) is 26.9. The summed E-state index contributed by atoms with van der Waals surface area (Å²) in [6.45, 7) is 3.17. The average Bonchev–Trinajstić information content (AvgIpc) is 2.85. The fourth-order valence-corrected chi connectivity index (χ4v) is 3.93. The van der Waals surface area contributed by atoms with E-state index in [-0.39, 0.29) is 24.8 Å². The Balaban J connectivity index is 1.33. The van der Waals surface area contributed by atoms with E-state index >= 15 is 0 Å². The van der Waals surface area contributed by atoms with E-state index in [1.807, 2.05) is 55.5 Å². The number of carbonyl (C=O) groups excluding carboxylic acids is 2. The summed E-state index contributed by atoms with van der Waals surface area (Å²) in [7, 11) is 1.61. The van der Waals surface area contributed by atoms with Gasteiger partial charge in [0.05, 0.1) is 25.8 Å². The van der Waals surface area contributed by atoms with Gasteiger partial charge < -0.3 is 24.4 Å². The zero-order valence-corrected chi connectivity index (χ0v) is 20.1. The average molecular weight is 475 g/mol. The van der Waals surface area contributed by atoms with Crippen LogP contribution >= 0.6 is 0 Å². The Hall–Kier alpha value is -4.00. The standard InChI is InChI=1S/C28H30N2O5/c1-20-6-5-7-24(16-20)34-15-4-3-14-30-25-18-22(10-13-26(25)35-19-28(30)32)29-27(31)17-21-8-11-23(33-2)12-9-21/h5-13,16,18H,3-4,14-15,17,19H2,1-2H3,(H,29,31). The quantitative estimate of drug-likeness (QED) is 0.429. The molecule has 182 valence electrons. The Kier molecular flexibility index (Phi) is 7.88. The third-order valence-corrected chi connectivity index (χ3v) is 5.74. The number of unbranched alkanes of at least 4 members (excludes halogenated alkanes) is 1. The van der Waals surface area contributed by atoms with Crippen LogP contribution in [0.3, 0.4) is 0 Å². The van der Waals surface area contributed by atoms with E-state index in [9.17, 15) is 9.59 Å². The highest BCUT2D eigenvalue weighted by molar-refractivity contribution is 5.99. The Morgan fingerprint density at radius 2 is 1.86 bits per heavy atom. The molecule has 0 aromatic heterocycles. The van der Waals surface area contributed by atoms with Crippen LogP contribution in [0, 0.1) is 6.92 Å². The lowest BCUT2D eigenvalue weighted by Gasteiger charge is -2.30. The second-order valence-electron chi connectivity index (χ2n) is 8.46. The molecule has 4 rings (SSSR count). The van der Waals surface area contributed by atoms with Crippen molar-refractivity contribution in [2.24, 2.45) is 0 Å². The van der Waals surface area contributed by atoms with Crippen molar-refractivity contribution in [3.8, 4) is 17.2 Å². The Bertz CT molecular complexity index is 1180. The molecule has 7 heteroatoms. The van der Waals surface area contributed by atoms with Crippen LogP contribution in [0.4, 0.5) is 11.4 Å². The minimum absolute atomic E-state index is 0.00989. The third-order valence-electron chi connectivity index (χ3n) is 5.74. The molecule has 35 heavy (non-hydrogen) atoms. The summed E-state index contributed by atoms with van der Waals surface area (Å²) in [5.74, 6) is 1.99. The smallest absolute Gasteiger partial charge is 0.265 e. The van der Waals surface area contributed by atoms with Crippen molar-refractivity contribution in [3.63, 3.8) is 0 Å². The first-order chi connectivity index (χ1) is 17.0. The van der Waals surface area contributed by atoms with E-state index in [0.29, 0.717) is 30.3 Å². The molecule has 1 heterocycles. The van der Waals surface area contributed by atoms with Crippen molar-refractivity contribution in [2.75, 3.05) is 37.1 Å². The van der Waals surface area contributed by atoms with Gasteiger partial charge in [-0.1, -0.05) is 24.3 Å². The van der Waals surface area contributed by atoms with Crippen LogP contribution in [0.2, 0.25) is 0 Å². The minimum atomic E-state index is -0.141. The van der Waals surface area contributed by atoms with Gasteiger partial charge in [-0.25, -0.2) is 0 Å². The highest BCUT2D eigenvalue weighted by Gasteiger charge is 2.25. The number of anilines is 2. The molecule has 1 N–H and O–H groups in total. The van der Waals surface area contributed by atoms with Crippen LogP contribution in [-0.2, 0) is 16.0 Å². The highest BCUT2D eigenvalue weighted by Crippen LogP contribution is 2.35. The lowest BCUT2D eigenvalue weighted by Crippen LogP contribution is -2.39. The molecule has 1 aliphatic heterocycles. The number of methoxy groups -OCH3 is 1. The van der Waals surface area contributed by atoms with E-state index in [1.165, 1.54) is 0 Å². The van der Waals surface area contributed by atoms with Crippen LogP contribution in [-0.4, -0.2) is 38.7 Å². The molecule has 2 amide bonds. The molecule has 1 aliphatic rings. The third kappa shape index (κ3) is 6.53. The second-order valence-corrected chi connectivity index (χ2v) is 8.46. The summed E-state index contributed by atoms with van der Waals surface area (Å²) in [5, 5.41) is 2.92. The number of carbonyl (C=O) groups is 2. The molecule has 0 aliphatic carbocycles. The number of fused-ring (bicyclic) bond motifs is 1. The number of nitrogens with zero attached hydrogens (tertiary/aromatic N) is 1. The Morgan fingerprint density at radius 3 is 2.63 bits per heavy atom. The lowest BCUT2D eigenvalue weighted by atomic mass is 10.1. The van der Waals surface area contributed by atoms with Gasteiger partial charge in [-0.3, -0.25) is 9.59 Å². The SMILES string of the molecule is COc1ccc(CC(=O)Nc2ccc3c(c2)N(CCCCOc2cccc(C)c2)C(=O)CO3)cc1. The summed E-state index contributed by atoms with van der Waals surface area (Å²) >= 11 is 0. The van der Waals surface area contributed by atoms with E-state index in [0.717, 1.165) is 35.5 Å². The van der Waals surface area contributed by atoms with Crippen molar-refractivity contribution >= 4 is 23.2 Å². The predicted molar refractivity (Wildman–Crippen MR) is 136 cm³/mol. The molecule has 0 fully saturated rings. The van der Waals surface area contributed by atoms with E-state index in [1.54, 1.807) is 30.2 Å². The monoisotopic (exact) mass is 474 g/mol. The van der Waals surface area contributed by atoms with Crippen molar-refractivity contribution < 1.29 is 23.8 Å². The van der Waals surface area contributed by atoms with Crippen molar-refractivity contribution in [2.45, 2.75) is 26.2 Å². The van der Waals surface area contributed by atoms with Gasteiger partial charge >= 0.3 is 0 Å². The normalized spacial score (nSPS) is 12.5. The summed E-state index contributed by atoms with van der Waals surface area (Å²) in [5.41, 5.74) is 3.33. The summed E-state index contributed by atoms with van der Waals surface area (Å²) in [6.07, 6.45) is 1.83. The van der Waals surface area contributed by atoms with Gasteiger partial charge in [-0.05, 0) is 73.4 Å². The first-order valence-corrected chi connectivity index (χ1v) is 11.7. The molecule has 0 saturated carbocycles. The van der Waals surface area contributed by atoms with Crippen molar-refractivity contribution in [1.82, 2.24) is 0 Å². The van der Waals surface area contributed by atoms with E-state index in [4.69, 9.17) is 14.2 Å². The molecular formula is C28H30N2O5. The predicted octanol–water partition coefficient (Wildman–Crippen LogP) is 4.77. The number of ether oxygens (including phenoxy) is 3. The number of hydrogen-bond acceptors (Lipinski definition) is 5. The molecule has 0 unspecified atom stereocenters. The number of benzene rings is 3. The van der Waals surface area contributed by atoms with Gasteiger partial charge in [0.25, 0.3) is 5.91 Å². The van der Waals surface area contributed by atoms with Crippen LogP contribution in [0.1, 0.15) is 24.0 Å². The fourth-order valence-electron chi connectivity index (χ4n) is 3.93. The Morgan fingerprint density at radius 1 is 1.03 bits per heavy atom. The number of amides is 2. The molecule has 7 nitrogen and oxygen atoms in total. The first kappa shape index (κ1) is 24.1. The number of hydrogen-bond donors (Lipinski definition) is 1. The molecule has 3 aromatic carbocycles. The van der Waals surface area contributed by atoms with E-state index in [2.05, 4.69) is 5.32 Å². The van der Waals surface area contributed by atoms with Crippen LogP contribution < -0.4 is 24.4 Å². The number of rotatable bonds is 10. The summed E-state index contributed by atoms with van der Waals surface area (Å²) in [6, 6.07) is 20.7. The molecule has 0 saturated heterocycles. The van der Waals surface area contributed by atoms with Crippen LogP contribution in [0.15, 0.2) is 66.7 Å². The van der Waals surface area contributed by atoms with Crippen molar-refractivity contribution in [3.05, 3.63) is 77.9 Å². The number of nitrogens with one attached hydrogen (secondary N) is 1. The van der Waals surface area contributed by atoms with Gasteiger partial charge in [0, 0.05) is 12.2 Å². The molecule has 0 bridgehead atoms. The van der Waals surface area contributed by atoms with Gasteiger partial charge in [-0.15, -0.1) is 0 Å². The van der Waals surface area contributed by atoms with Crippen LogP contribution in [0.5, 0.6) is 17.2 Å². The molecule has 0 atom stereocenters. The Labute approximate surface area is 205 Å². The van der Waals surface area contributed by atoms with Crippen molar-refractivity contribution in [1.29, 1.82) is 0 Å². The summed E-state index contributed by atoms with van der Waals surface area (Å²) < 4.78 is 16.6. The largest absolute Gasteiger partial charge is 0.497 e. The maximum atomic E-state index is 12.6. The second kappa shape index (κ2) is 11.4. The molecule has 0 radical (unpaired) electrons. The fraction of sp³-hybridized carbons (Fsp3) is 0.286. The zero-order chi connectivity index (χ0) is 24.6. The topological polar surface area (TPSA) is 77.1 Å². The minimum Gasteiger partial charge on any atom is -0.497 e. The first-order valence-electron chi connectivity index (χ1n) is 11.7. The highest BCUT2D eigenvalue weighted by atomic mass is 16.5. The zero-order valence-electron chi connectivity index (χ0n) is 20.1. The lowest BCUT2D eigenvalue weighted by molar-refractivity contribution is -0.121. The molecule has 0 spiro atoms.